The van der Waals surface area contributed by atoms with Gasteiger partial charge in [-0.25, -0.2) is 9.48 Å². The second kappa shape index (κ2) is 9.44. The van der Waals surface area contributed by atoms with Crippen LogP contribution < -0.4 is 5.32 Å². The third-order valence-corrected chi connectivity index (χ3v) is 6.63. The van der Waals surface area contributed by atoms with Gasteiger partial charge < -0.3 is 15.0 Å². The molecular formula is C23H30ClN7O4. The summed E-state index contributed by atoms with van der Waals surface area (Å²) in [4.78, 5) is 42.4. The van der Waals surface area contributed by atoms with Gasteiger partial charge in [0.2, 0.25) is 11.8 Å². The fourth-order valence-corrected chi connectivity index (χ4v) is 4.67. The molecule has 0 spiro atoms. The van der Waals surface area contributed by atoms with Gasteiger partial charge in [-0.2, -0.15) is 0 Å². The van der Waals surface area contributed by atoms with Crippen molar-refractivity contribution in [3.8, 4) is 5.69 Å². The Balaban J connectivity index is 1.44. The van der Waals surface area contributed by atoms with Crippen molar-refractivity contribution in [3.05, 3.63) is 35.1 Å². The van der Waals surface area contributed by atoms with Gasteiger partial charge in [0.25, 0.3) is 0 Å². The monoisotopic (exact) mass is 503 g/mol. The molecule has 1 N–H and O–H groups in total. The minimum absolute atomic E-state index is 0.189. The van der Waals surface area contributed by atoms with Crippen molar-refractivity contribution in [2.24, 2.45) is 0 Å². The highest BCUT2D eigenvalue weighted by molar-refractivity contribution is 6.30. The fraction of sp³-hybridized carbons (Fsp3) is 0.565. The third kappa shape index (κ3) is 5.09. The van der Waals surface area contributed by atoms with Gasteiger partial charge in [0, 0.05) is 24.7 Å². The molecule has 35 heavy (non-hydrogen) atoms. The number of aromatic nitrogens is 4. The number of ether oxygens (including phenoxy) is 1. The van der Waals surface area contributed by atoms with Gasteiger partial charge >= 0.3 is 6.09 Å². The number of nitrogens with zero attached hydrogens (tertiary/aromatic N) is 6. The Morgan fingerprint density at radius 3 is 2.66 bits per heavy atom. The third-order valence-electron chi connectivity index (χ3n) is 6.40. The number of hydrogen-bond donors (Lipinski definition) is 1. The van der Waals surface area contributed by atoms with Gasteiger partial charge in [0.15, 0.2) is 0 Å². The van der Waals surface area contributed by atoms with Crippen LogP contribution in [0.15, 0.2) is 24.5 Å². The molecule has 1 aromatic heterocycles. The Bertz CT molecular complexity index is 1120. The van der Waals surface area contributed by atoms with Gasteiger partial charge in [0.1, 0.15) is 23.5 Å². The molecule has 188 valence electrons. The number of benzene rings is 1. The number of likely N-dealkylation sites (tertiary alicyclic amines) is 2. The van der Waals surface area contributed by atoms with Gasteiger partial charge in [-0.1, -0.05) is 11.6 Å². The number of tetrazole rings is 1. The lowest BCUT2D eigenvalue weighted by Gasteiger charge is -2.50. The largest absolute Gasteiger partial charge is 0.444 e. The van der Waals surface area contributed by atoms with Crippen molar-refractivity contribution in [1.82, 2.24) is 35.3 Å². The number of carbonyl (C=O) groups excluding carboxylic acids is 3. The number of hydrogen-bond acceptors (Lipinski definition) is 7. The number of carbonyl (C=O) groups is 3. The van der Waals surface area contributed by atoms with Crippen molar-refractivity contribution in [2.45, 2.75) is 70.7 Å². The average molecular weight is 504 g/mol. The summed E-state index contributed by atoms with van der Waals surface area (Å²) in [7, 11) is 0. The molecular weight excluding hydrogens is 474 g/mol. The Hall–Kier alpha value is -3.21. The lowest BCUT2D eigenvalue weighted by atomic mass is 9.85. The molecule has 0 aliphatic carbocycles. The second-order valence-electron chi connectivity index (χ2n) is 10.1. The van der Waals surface area contributed by atoms with Crippen molar-refractivity contribution in [2.75, 3.05) is 13.1 Å². The number of amides is 3. The fourth-order valence-electron chi connectivity index (χ4n) is 4.47. The van der Waals surface area contributed by atoms with E-state index >= 15 is 0 Å². The van der Waals surface area contributed by atoms with Crippen LogP contribution in [0.3, 0.4) is 0 Å². The molecule has 0 saturated carbocycles. The van der Waals surface area contributed by atoms with E-state index in [0.717, 1.165) is 5.56 Å². The zero-order valence-electron chi connectivity index (χ0n) is 20.3. The van der Waals surface area contributed by atoms with E-state index in [1.54, 1.807) is 50.8 Å². The first-order chi connectivity index (χ1) is 16.5. The van der Waals surface area contributed by atoms with E-state index in [1.807, 2.05) is 0 Å². The molecule has 11 nitrogen and oxygen atoms in total. The molecule has 1 unspecified atom stereocenters. The highest BCUT2D eigenvalue weighted by Crippen LogP contribution is 2.36. The van der Waals surface area contributed by atoms with Crippen molar-refractivity contribution in [3.63, 3.8) is 0 Å². The van der Waals surface area contributed by atoms with Crippen LogP contribution in [0, 0.1) is 0 Å². The molecule has 1 aromatic carbocycles. The predicted molar refractivity (Wildman–Crippen MR) is 127 cm³/mol. The van der Waals surface area contributed by atoms with Crippen LogP contribution in [0.1, 0.15) is 52.5 Å². The second-order valence-corrected chi connectivity index (χ2v) is 10.5. The minimum Gasteiger partial charge on any atom is -0.444 e. The van der Waals surface area contributed by atoms with Crippen molar-refractivity contribution < 1.29 is 19.1 Å². The predicted octanol–water partition coefficient (Wildman–Crippen LogP) is 2.32. The molecule has 0 radical (unpaired) electrons. The lowest BCUT2D eigenvalue weighted by Crippen LogP contribution is -2.69. The summed E-state index contributed by atoms with van der Waals surface area (Å²) in [6, 6.07) is 4.62. The quantitative estimate of drug-likeness (QED) is 0.664. The van der Waals surface area contributed by atoms with Crippen molar-refractivity contribution in [1.29, 1.82) is 0 Å². The zero-order chi connectivity index (χ0) is 25.4. The van der Waals surface area contributed by atoms with E-state index in [-0.39, 0.29) is 18.4 Å². The van der Waals surface area contributed by atoms with Crippen LogP contribution in [0.4, 0.5) is 4.79 Å². The molecule has 12 heteroatoms. The summed E-state index contributed by atoms with van der Waals surface area (Å²) in [5.41, 5.74) is -0.260. The first-order valence-electron chi connectivity index (χ1n) is 11.6. The van der Waals surface area contributed by atoms with Crippen LogP contribution in [-0.2, 0) is 20.9 Å². The minimum atomic E-state index is -1.02. The Morgan fingerprint density at radius 2 is 2.03 bits per heavy atom. The molecule has 2 aliphatic heterocycles. The van der Waals surface area contributed by atoms with Crippen LogP contribution in [-0.4, -0.2) is 78.2 Å². The molecule has 2 aromatic rings. The first-order valence-corrected chi connectivity index (χ1v) is 12.0. The van der Waals surface area contributed by atoms with E-state index < -0.39 is 23.3 Å². The maximum atomic E-state index is 13.5. The van der Waals surface area contributed by atoms with E-state index in [9.17, 15) is 14.4 Å². The average Bonchev–Trinajstić information content (AvgIpc) is 3.46. The van der Waals surface area contributed by atoms with Crippen molar-refractivity contribution >= 4 is 29.5 Å². The molecule has 0 bridgehead atoms. The lowest BCUT2D eigenvalue weighted by molar-refractivity contribution is -0.154. The standard InChI is InChI=1S/C23H30ClN7O4/c1-22(2,3)35-21(34)30-11-9-23(30,4)20(33)29-10-5-6-18(29)19(32)25-13-15-12-16(24)7-8-17(15)31-14-26-27-28-31/h7-8,12,14,18H,5-6,9-11,13H2,1-4H3,(H,25,32)/t18-,23?/m0/s1. The molecule has 2 saturated heterocycles. The molecule has 4 rings (SSSR count). The van der Waals surface area contributed by atoms with Gasteiger partial charge in [-0.3, -0.25) is 14.5 Å². The summed E-state index contributed by atoms with van der Waals surface area (Å²) < 4.78 is 6.97. The highest BCUT2D eigenvalue weighted by Gasteiger charge is 2.54. The van der Waals surface area contributed by atoms with Crippen LogP contribution in [0.5, 0.6) is 0 Å². The van der Waals surface area contributed by atoms with E-state index in [2.05, 4.69) is 20.8 Å². The normalized spacial score (nSPS) is 22.0. The number of halogens is 1. The maximum Gasteiger partial charge on any atom is 0.411 e. The highest BCUT2D eigenvalue weighted by atomic mass is 35.5. The van der Waals surface area contributed by atoms with E-state index in [4.69, 9.17) is 16.3 Å². The summed E-state index contributed by atoms with van der Waals surface area (Å²) in [6.45, 7) is 8.19. The first kappa shape index (κ1) is 24.9. The summed E-state index contributed by atoms with van der Waals surface area (Å²) in [5, 5.41) is 14.7. The smallest absolute Gasteiger partial charge is 0.411 e. The SMILES string of the molecule is CC(C)(C)OC(=O)N1CCC1(C)C(=O)N1CCC[C@H]1C(=O)NCc1cc(Cl)ccc1-n1cnnn1. The van der Waals surface area contributed by atoms with Crippen LogP contribution >= 0.6 is 11.6 Å². The van der Waals surface area contributed by atoms with E-state index in [0.29, 0.717) is 43.1 Å². The number of rotatable bonds is 5. The summed E-state index contributed by atoms with van der Waals surface area (Å²) >= 11 is 6.17. The van der Waals surface area contributed by atoms with E-state index in [1.165, 1.54) is 15.9 Å². The topological polar surface area (TPSA) is 123 Å². The molecule has 2 atom stereocenters. The Labute approximate surface area is 208 Å². The van der Waals surface area contributed by atoms with Gasteiger partial charge in [-0.15, -0.1) is 5.10 Å². The molecule has 3 heterocycles. The molecule has 2 fully saturated rings. The van der Waals surface area contributed by atoms with Crippen LogP contribution in [0.2, 0.25) is 5.02 Å². The Kier molecular flexibility index (Phi) is 6.72. The summed E-state index contributed by atoms with van der Waals surface area (Å²) in [5.74, 6) is -0.491. The Morgan fingerprint density at radius 1 is 1.26 bits per heavy atom. The van der Waals surface area contributed by atoms with Gasteiger partial charge in [-0.05, 0) is 81.1 Å². The summed E-state index contributed by atoms with van der Waals surface area (Å²) in [6.07, 6.45) is 2.72. The van der Waals surface area contributed by atoms with Gasteiger partial charge in [0.05, 0.1) is 5.69 Å². The zero-order valence-corrected chi connectivity index (χ0v) is 21.1. The van der Waals surface area contributed by atoms with Crippen LogP contribution in [0.25, 0.3) is 5.69 Å². The number of nitrogens with one attached hydrogen (secondary N) is 1. The maximum absolute atomic E-state index is 13.5. The molecule has 3 amide bonds. The molecule has 2 aliphatic rings.